The molecule has 0 spiro atoms. The van der Waals surface area contributed by atoms with Gasteiger partial charge in [0.05, 0.1) is 28.1 Å². The van der Waals surface area contributed by atoms with Crippen LogP contribution in [0, 0.1) is 0 Å². The van der Waals surface area contributed by atoms with Crippen LogP contribution in [-0.2, 0) is 4.74 Å². The second kappa shape index (κ2) is 5.31. The van der Waals surface area contributed by atoms with E-state index in [0.717, 1.165) is 28.7 Å². The molecule has 1 aromatic heterocycles. The molecule has 2 atom stereocenters. The summed E-state index contributed by atoms with van der Waals surface area (Å²) in [6.07, 6.45) is 4.89. The number of thiophene rings is 1. The first-order valence-electron chi connectivity index (χ1n) is 6.42. The molecule has 0 aromatic carbocycles. The van der Waals surface area contributed by atoms with Gasteiger partial charge in [-0.25, -0.2) is 0 Å². The van der Waals surface area contributed by atoms with Gasteiger partial charge in [0.25, 0.3) is 5.91 Å². The molecule has 1 amide bonds. The molecular weight excluding hydrogens is 314 g/mol. The zero-order chi connectivity index (χ0) is 12.5. The fraction of sp³-hybridized carbons (Fsp3) is 0.615. The third-order valence-electron chi connectivity index (χ3n) is 3.81. The first-order valence-corrected chi connectivity index (χ1v) is 8.09. The van der Waals surface area contributed by atoms with Gasteiger partial charge >= 0.3 is 0 Å². The van der Waals surface area contributed by atoms with Crippen molar-refractivity contribution in [2.45, 2.75) is 37.8 Å². The molecule has 3 nitrogen and oxygen atoms in total. The van der Waals surface area contributed by atoms with Crippen LogP contribution in [0.1, 0.15) is 36.0 Å². The first-order chi connectivity index (χ1) is 8.75. The smallest absolute Gasteiger partial charge is 0.255 e. The molecule has 1 aliphatic carbocycles. The molecule has 3 rings (SSSR count). The average Bonchev–Trinajstić information content (AvgIpc) is 2.84. The summed E-state index contributed by atoms with van der Waals surface area (Å²) in [6, 6.07) is 2.21. The minimum absolute atomic E-state index is 0.164. The normalized spacial score (nSPS) is 27.9. The minimum atomic E-state index is 0.164. The number of morpholine rings is 1. The monoisotopic (exact) mass is 329 g/mol. The molecule has 2 aliphatic rings. The highest BCUT2D eigenvalue weighted by Gasteiger charge is 2.37. The molecule has 2 fully saturated rings. The molecule has 18 heavy (non-hydrogen) atoms. The summed E-state index contributed by atoms with van der Waals surface area (Å²) in [6.45, 7) is 1.41. The van der Waals surface area contributed by atoms with E-state index in [1.165, 1.54) is 12.8 Å². The maximum atomic E-state index is 12.5. The van der Waals surface area contributed by atoms with Crippen LogP contribution in [-0.4, -0.2) is 36.1 Å². The van der Waals surface area contributed by atoms with Gasteiger partial charge in [-0.2, -0.15) is 0 Å². The fourth-order valence-corrected chi connectivity index (χ4v) is 4.07. The molecule has 1 aliphatic heterocycles. The summed E-state index contributed by atoms with van der Waals surface area (Å²) >= 11 is 4.98. The largest absolute Gasteiger partial charge is 0.374 e. The van der Waals surface area contributed by atoms with E-state index in [0.29, 0.717) is 12.6 Å². The number of amides is 1. The Hall–Kier alpha value is -0.390. The Morgan fingerprint density at radius 3 is 3.06 bits per heavy atom. The van der Waals surface area contributed by atoms with E-state index in [1.54, 1.807) is 11.3 Å². The molecule has 1 aromatic rings. The molecule has 5 heteroatoms. The lowest BCUT2D eigenvalue weighted by Gasteiger charge is -2.43. The topological polar surface area (TPSA) is 29.5 Å². The van der Waals surface area contributed by atoms with Gasteiger partial charge in [0.1, 0.15) is 0 Å². The third kappa shape index (κ3) is 2.36. The van der Waals surface area contributed by atoms with Gasteiger partial charge < -0.3 is 9.64 Å². The van der Waals surface area contributed by atoms with E-state index in [2.05, 4.69) is 15.9 Å². The number of ether oxygens (including phenoxy) is 1. The van der Waals surface area contributed by atoms with Crippen LogP contribution in [0.4, 0.5) is 0 Å². The van der Waals surface area contributed by atoms with E-state index >= 15 is 0 Å². The second-order valence-corrected chi connectivity index (χ2v) is 7.19. The molecule has 98 valence electrons. The van der Waals surface area contributed by atoms with Crippen molar-refractivity contribution in [2.75, 3.05) is 13.2 Å². The highest BCUT2D eigenvalue weighted by molar-refractivity contribution is 9.11. The van der Waals surface area contributed by atoms with Crippen LogP contribution in [0.3, 0.4) is 0 Å². The number of hydrogen-bond acceptors (Lipinski definition) is 3. The molecule has 1 saturated carbocycles. The van der Waals surface area contributed by atoms with Crippen LogP contribution in [0.2, 0.25) is 0 Å². The Morgan fingerprint density at radius 2 is 2.28 bits per heavy atom. The zero-order valence-electron chi connectivity index (χ0n) is 10.1. The second-order valence-electron chi connectivity index (χ2n) is 4.90. The van der Waals surface area contributed by atoms with Crippen LogP contribution in [0.15, 0.2) is 15.2 Å². The van der Waals surface area contributed by atoms with E-state index in [1.807, 2.05) is 16.3 Å². The number of fused-ring (bicyclic) bond motifs is 1. The Balaban J connectivity index is 1.79. The molecule has 0 unspecified atom stereocenters. The van der Waals surface area contributed by atoms with E-state index < -0.39 is 0 Å². The predicted octanol–water partition coefficient (Wildman–Crippen LogP) is 3.29. The SMILES string of the molecule is O=C(c1csc(Br)c1)N1CCO[C@H]2CCCC[C@H]21. The van der Waals surface area contributed by atoms with Gasteiger partial charge in [0.2, 0.25) is 0 Å². The number of carbonyl (C=O) groups excluding carboxylic acids is 1. The van der Waals surface area contributed by atoms with Crippen molar-refractivity contribution in [3.63, 3.8) is 0 Å². The molecule has 0 N–H and O–H groups in total. The molecule has 1 saturated heterocycles. The van der Waals surface area contributed by atoms with Crippen LogP contribution < -0.4 is 0 Å². The standard InChI is InChI=1S/C13H16BrNO2S/c14-12-7-9(8-18-12)13(16)15-5-6-17-11-4-2-1-3-10(11)15/h7-8,10-11H,1-6H2/t10-,11+/m1/s1. The maximum absolute atomic E-state index is 12.5. The molecule has 0 bridgehead atoms. The lowest BCUT2D eigenvalue weighted by Crippen LogP contribution is -2.54. The summed E-state index contributed by atoms with van der Waals surface area (Å²) in [5, 5.41) is 1.93. The number of nitrogens with zero attached hydrogens (tertiary/aromatic N) is 1. The highest BCUT2D eigenvalue weighted by Crippen LogP contribution is 2.30. The summed E-state index contributed by atoms with van der Waals surface area (Å²) < 4.78 is 6.82. The molecule has 2 heterocycles. The van der Waals surface area contributed by atoms with E-state index in [4.69, 9.17) is 4.74 Å². The minimum Gasteiger partial charge on any atom is -0.374 e. The summed E-state index contributed by atoms with van der Waals surface area (Å²) in [4.78, 5) is 14.6. The van der Waals surface area contributed by atoms with Gasteiger partial charge in [-0.15, -0.1) is 11.3 Å². The highest BCUT2D eigenvalue weighted by atomic mass is 79.9. The van der Waals surface area contributed by atoms with E-state index in [-0.39, 0.29) is 12.0 Å². The Morgan fingerprint density at radius 1 is 1.44 bits per heavy atom. The maximum Gasteiger partial charge on any atom is 0.255 e. The molecule has 0 radical (unpaired) electrons. The van der Waals surface area contributed by atoms with Crippen molar-refractivity contribution in [1.29, 1.82) is 0 Å². The lowest BCUT2D eigenvalue weighted by molar-refractivity contribution is -0.0752. The van der Waals surface area contributed by atoms with Crippen molar-refractivity contribution < 1.29 is 9.53 Å². The van der Waals surface area contributed by atoms with Crippen molar-refractivity contribution in [2.24, 2.45) is 0 Å². The van der Waals surface area contributed by atoms with Crippen LogP contribution >= 0.6 is 27.3 Å². The van der Waals surface area contributed by atoms with Crippen molar-refractivity contribution in [3.8, 4) is 0 Å². The fourth-order valence-electron chi connectivity index (χ4n) is 2.94. The molecular formula is C13H16BrNO2S. The Bertz CT molecular complexity index is 446. The summed E-state index contributed by atoms with van der Waals surface area (Å²) in [7, 11) is 0. The number of hydrogen-bond donors (Lipinski definition) is 0. The quantitative estimate of drug-likeness (QED) is 0.791. The van der Waals surface area contributed by atoms with E-state index in [9.17, 15) is 4.79 Å². The zero-order valence-corrected chi connectivity index (χ0v) is 12.5. The summed E-state index contributed by atoms with van der Waals surface area (Å²) in [5.74, 6) is 0.164. The third-order valence-corrected chi connectivity index (χ3v) is 5.31. The summed E-state index contributed by atoms with van der Waals surface area (Å²) in [5.41, 5.74) is 0.804. The van der Waals surface area contributed by atoms with Gasteiger partial charge in [0.15, 0.2) is 0 Å². The lowest BCUT2D eigenvalue weighted by atomic mass is 9.90. The van der Waals surface area contributed by atoms with Gasteiger partial charge in [0, 0.05) is 11.9 Å². The average molecular weight is 330 g/mol. The Kier molecular flexibility index (Phi) is 3.73. The number of rotatable bonds is 1. The van der Waals surface area contributed by atoms with Crippen molar-refractivity contribution >= 4 is 33.2 Å². The van der Waals surface area contributed by atoms with Gasteiger partial charge in [-0.05, 0) is 34.8 Å². The van der Waals surface area contributed by atoms with Crippen molar-refractivity contribution in [1.82, 2.24) is 4.90 Å². The van der Waals surface area contributed by atoms with Crippen LogP contribution in [0.25, 0.3) is 0 Å². The number of halogens is 1. The van der Waals surface area contributed by atoms with Crippen LogP contribution in [0.5, 0.6) is 0 Å². The predicted molar refractivity (Wildman–Crippen MR) is 75.1 cm³/mol. The Labute approximate surface area is 119 Å². The first kappa shape index (κ1) is 12.6. The van der Waals surface area contributed by atoms with Gasteiger partial charge in [-0.3, -0.25) is 4.79 Å². The van der Waals surface area contributed by atoms with Gasteiger partial charge in [-0.1, -0.05) is 12.8 Å². The van der Waals surface area contributed by atoms with Crippen molar-refractivity contribution in [3.05, 3.63) is 20.8 Å². The number of carbonyl (C=O) groups is 1.